The SMILES string of the molecule is Cc1ccc(CC(N)CCl)c(Br)c1. The predicted molar refractivity (Wildman–Crippen MR) is 61.3 cm³/mol. The van der Waals surface area contributed by atoms with Crippen molar-refractivity contribution in [2.24, 2.45) is 5.73 Å². The first-order valence-electron chi connectivity index (χ1n) is 4.20. The van der Waals surface area contributed by atoms with E-state index in [2.05, 4.69) is 41.1 Å². The molecule has 2 N–H and O–H groups in total. The molecule has 0 aromatic heterocycles. The average molecular weight is 263 g/mol. The molecule has 0 fully saturated rings. The van der Waals surface area contributed by atoms with E-state index in [-0.39, 0.29) is 6.04 Å². The molecule has 0 spiro atoms. The second-order valence-electron chi connectivity index (χ2n) is 3.21. The van der Waals surface area contributed by atoms with E-state index in [0.29, 0.717) is 5.88 Å². The quantitative estimate of drug-likeness (QED) is 0.833. The van der Waals surface area contributed by atoms with Gasteiger partial charge in [0.1, 0.15) is 0 Å². The van der Waals surface area contributed by atoms with Crippen molar-refractivity contribution in [3.8, 4) is 0 Å². The third kappa shape index (κ3) is 3.29. The lowest BCUT2D eigenvalue weighted by Gasteiger charge is -2.09. The monoisotopic (exact) mass is 261 g/mol. The number of nitrogens with two attached hydrogens (primary N) is 1. The van der Waals surface area contributed by atoms with Crippen molar-refractivity contribution < 1.29 is 0 Å². The normalized spacial score (nSPS) is 12.9. The number of halogens is 2. The van der Waals surface area contributed by atoms with E-state index in [0.717, 1.165) is 10.9 Å². The maximum absolute atomic E-state index is 5.76. The highest BCUT2D eigenvalue weighted by atomic mass is 79.9. The van der Waals surface area contributed by atoms with Gasteiger partial charge in [0.15, 0.2) is 0 Å². The zero-order chi connectivity index (χ0) is 9.84. The minimum absolute atomic E-state index is 0.0423. The fraction of sp³-hybridized carbons (Fsp3) is 0.400. The van der Waals surface area contributed by atoms with Crippen LogP contribution >= 0.6 is 27.5 Å². The van der Waals surface area contributed by atoms with Gasteiger partial charge in [-0.15, -0.1) is 11.6 Å². The van der Waals surface area contributed by atoms with E-state index in [1.165, 1.54) is 11.1 Å². The topological polar surface area (TPSA) is 26.0 Å². The largest absolute Gasteiger partial charge is 0.326 e. The zero-order valence-electron chi connectivity index (χ0n) is 7.56. The summed E-state index contributed by atoms with van der Waals surface area (Å²) in [6.45, 7) is 2.07. The minimum atomic E-state index is 0.0423. The molecule has 0 aliphatic rings. The van der Waals surface area contributed by atoms with Crippen LogP contribution in [0.25, 0.3) is 0 Å². The molecule has 3 heteroatoms. The Kier molecular flexibility index (Phi) is 4.23. The number of hydrogen-bond acceptors (Lipinski definition) is 1. The van der Waals surface area contributed by atoms with Crippen LogP contribution in [0.3, 0.4) is 0 Å². The number of benzene rings is 1. The number of rotatable bonds is 3. The Hall–Kier alpha value is -0.0500. The molecule has 1 nitrogen and oxygen atoms in total. The third-order valence-corrected chi connectivity index (χ3v) is 3.02. The Balaban J connectivity index is 2.77. The van der Waals surface area contributed by atoms with Crippen LogP contribution in [-0.2, 0) is 6.42 Å². The molecule has 0 saturated carbocycles. The van der Waals surface area contributed by atoms with Crippen LogP contribution in [0.2, 0.25) is 0 Å². The number of alkyl halides is 1. The van der Waals surface area contributed by atoms with Gasteiger partial charge in [-0.2, -0.15) is 0 Å². The van der Waals surface area contributed by atoms with Crippen molar-refractivity contribution in [2.75, 3.05) is 5.88 Å². The van der Waals surface area contributed by atoms with Crippen LogP contribution in [0.1, 0.15) is 11.1 Å². The Morgan fingerprint density at radius 3 is 2.77 bits per heavy atom. The number of aryl methyl sites for hydroxylation is 1. The molecule has 1 aromatic rings. The molecule has 0 aliphatic carbocycles. The molecule has 0 radical (unpaired) electrons. The first kappa shape index (κ1) is 11.0. The van der Waals surface area contributed by atoms with Gasteiger partial charge in [-0.3, -0.25) is 0 Å². The molecule has 72 valence electrons. The molecule has 0 aliphatic heterocycles. The highest BCUT2D eigenvalue weighted by molar-refractivity contribution is 9.10. The summed E-state index contributed by atoms with van der Waals surface area (Å²) in [5, 5.41) is 0. The van der Waals surface area contributed by atoms with Crippen molar-refractivity contribution in [3.63, 3.8) is 0 Å². The van der Waals surface area contributed by atoms with Gasteiger partial charge in [0.05, 0.1) is 0 Å². The summed E-state index contributed by atoms with van der Waals surface area (Å²) < 4.78 is 1.12. The van der Waals surface area contributed by atoms with Crippen molar-refractivity contribution in [1.29, 1.82) is 0 Å². The van der Waals surface area contributed by atoms with Gasteiger partial charge < -0.3 is 5.73 Å². The first-order valence-corrected chi connectivity index (χ1v) is 5.53. The Morgan fingerprint density at radius 2 is 2.23 bits per heavy atom. The highest BCUT2D eigenvalue weighted by Gasteiger charge is 2.05. The Morgan fingerprint density at radius 1 is 1.54 bits per heavy atom. The van der Waals surface area contributed by atoms with E-state index < -0.39 is 0 Å². The zero-order valence-corrected chi connectivity index (χ0v) is 9.90. The van der Waals surface area contributed by atoms with Crippen molar-refractivity contribution in [1.82, 2.24) is 0 Å². The van der Waals surface area contributed by atoms with Crippen molar-refractivity contribution in [3.05, 3.63) is 33.8 Å². The van der Waals surface area contributed by atoms with Gasteiger partial charge in [0, 0.05) is 16.4 Å². The Labute approximate surface area is 92.4 Å². The highest BCUT2D eigenvalue weighted by Crippen LogP contribution is 2.19. The van der Waals surface area contributed by atoms with Crippen LogP contribution in [-0.4, -0.2) is 11.9 Å². The van der Waals surface area contributed by atoms with Crippen LogP contribution in [0.15, 0.2) is 22.7 Å². The average Bonchev–Trinajstić information content (AvgIpc) is 2.09. The smallest absolute Gasteiger partial charge is 0.0378 e. The molecule has 1 rings (SSSR count). The first-order chi connectivity index (χ1) is 6.13. The molecular weight excluding hydrogens is 249 g/mol. The second-order valence-corrected chi connectivity index (χ2v) is 4.38. The lowest BCUT2D eigenvalue weighted by Crippen LogP contribution is -2.24. The summed E-state index contributed by atoms with van der Waals surface area (Å²) in [6, 6.07) is 6.31. The summed E-state index contributed by atoms with van der Waals surface area (Å²) in [5.41, 5.74) is 8.23. The Bertz CT molecular complexity index is 288. The van der Waals surface area contributed by atoms with E-state index in [9.17, 15) is 0 Å². The van der Waals surface area contributed by atoms with Gasteiger partial charge in [0.2, 0.25) is 0 Å². The van der Waals surface area contributed by atoms with Crippen LogP contribution in [0.4, 0.5) is 0 Å². The van der Waals surface area contributed by atoms with Gasteiger partial charge in [-0.1, -0.05) is 28.1 Å². The summed E-state index contributed by atoms with van der Waals surface area (Å²) in [6.07, 6.45) is 0.824. The fourth-order valence-electron chi connectivity index (χ4n) is 1.15. The summed E-state index contributed by atoms with van der Waals surface area (Å²) in [7, 11) is 0. The van der Waals surface area contributed by atoms with Gasteiger partial charge in [-0.25, -0.2) is 0 Å². The summed E-state index contributed by atoms with van der Waals surface area (Å²) in [4.78, 5) is 0. The van der Waals surface area contributed by atoms with Crippen LogP contribution in [0, 0.1) is 6.92 Å². The molecule has 1 unspecified atom stereocenters. The molecule has 0 amide bonds. The molecule has 1 aromatic carbocycles. The summed E-state index contributed by atoms with van der Waals surface area (Å²) in [5.74, 6) is 0.500. The third-order valence-electron chi connectivity index (χ3n) is 1.89. The van der Waals surface area contributed by atoms with Gasteiger partial charge >= 0.3 is 0 Å². The van der Waals surface area contributed by atoms with Crippen LogP contribution in [0.5, 0.6) is 0 Å². The molecule has 0 bridgehead atoms. The van der Waals surface area contributed by atoms with Crippen molar-refractivity contribution in [2.45, 2.75) is 19.4 Å². The van der Waals surface area contributed by atoms with E-state index in [4.69, 9.17) is 17.3 Å². The number of hydrogen-bond donors (Lipinski definition) is 1. The van der Waals surface area contributed by atoms with Crippen LogP contribution < -0.4 is 5.73 Å². The lowest BCUT2D eigenvalue weighted by atomic mass is 10.1. The predicted octanol–water partition coefficient (Wildman–Crippen LogP) is 2.87. The van der Waals surface area contributed by atoms with Gasteiger partial charge in [-0.05, 0) is 30.5 Å². The second kappa shape index (κ2) is 4.99. The molecular formula is C10H13BrClN. The summed E-state index contributed by atoms with van der Waals surface area (Å²) >= 11 is 9.15. The van der Waals surface area contributed by atoms with Gasteiger partial charge in [0.25, 0.3) is 0 Å². The molecule has 0 saturated heterocycles. The molecule has 13 heavy (non-hydrogen) atoms. The maximum Gasteiger partial charge on any atom is 0.0378 e. The van der Waals surface area contributed by atoms with E-state index >= 15 is 0 Å². The molecule has 0 heterocycles. The van der Waals surface area contributed by atoms with E-state index in [1.807, 2.05) is 0 Å². The standard InChI is InChI=1S/C10H13BrClN/c1-7-2-3-8(10(11)4-7)5-9(13)6-12/h2-4,9H,5-6,13H2,1H3. The van der Waals surface area contributed by atoms with Crippen molar-refractivity contribution >= 4 is 27.5 Å². The lowest BCUT2D eigenvalue weighted by molar-refractivity contribution is 0.742. The molecule has 1 atom stereocenters. The minimum Gasteiger partial charge on any atom is -0.326 e. The fourth-order valence-corrected chi connectivity index (χ4v) is 1.92. The van der Waals surface area contributed by atoms with E-state index in [1.54, 1.807) is 0 Å². The maximum atomic E-state index is 5.76.